The molecule has 0 spiro atoms. The van der Waals surface area contributed by atoms with Gasteiger partial charge in [-0.05, 0) is 25.7 Å². The molecule has 0 amide bonds. The quantitative estimate of drug-likeness (QED) is 0.916. The first-order chi connectivity index (χ1) is 9.45. The summed E-state index contributed by atoms with van der Waals surface area (Å²) in [6, 6.07) is 2.02. The zero-order chi connectivity index (χ0) is 14.7. The molecule has 0 atom stereocenters. The molecule has 0 bridgehead atoms. The third-order valence-electron chi connectivity index (χ3n) is 3.78. The van der Waals surface area contributed by atoms with Crippen molar-refractivity contribution in [2.45, 2.75) is 46.0 Å². The molecule has 1 N–H and O–H groups in total. The maximum absolute atomic E-state index is 10.7. The van der Waals surface area contributed by atoms with Gasteiger partial charge in [-0.3, -0.25) is 4.79 Å². The second-order valence-corrected chi connectivity index (χ2v) is 5.91. The molecule has 2 heterocycles. The van der Waals surface area contributed by atoms with Gasteiger partial charge in [0.1, 0.15) is 11.6 Å². The molecule has 0 aliphatic carbocycles. The molecule has 1 aliphatic rings. The van der Waals surface area contributed by atoms with Gasteiger partial charge in [0.2, 0.25) is 0 Å². The van der Waals surface area contributed by atoms with Crippen molar-refractivity contribution < 1.29 is 9.90 Å². The van der Waals surface area contributed by atoms with Crippen molar-refractivity contribution in [2.24, 2.45) is 5.92 Å². The molecule has 0 saturated carbocycles. The number of aromatic nitrogens is 2. The van der Waals surface area contributed by atoms with Crippen molar-refractivity contribution in [1.82, 2.24) is 9.97 Å². The topological polar surface area (TPSA) is 66.3 Å². The Kier molecular flexibility index (Phi) is 4.57. The molecule has 0 unspecified atom stereocenters. The van der Waals surface area contributed by atoms with Crippen LogP contribution in [0.1, 0.15) is 50.5 Å². The number of hydrogen-bond acceptors (Lipinski definition) is 4. The van der Waals surface area contributed by atoms with Crippen LogP contribution < -0.4 is 4.90 Å². The number of rotatable bonds is 4. The number of piperidine rings is 1. The smallest absolute Gasteiger partial charge is 0.303 e. The van der Waals surface area contributed by atoms with Crippen molar-refractivity contribution in [3.05, 3.63) is 17.6 Å². The number of aliphatic carboxylic acids is 1. The summed E-state index contributed by atoms with van der Waals surface area (Å²) in [5, 5.41) is 8.85. The van der Waals surface area contributed by atoms with Gasteiger partial charge in [0.25, 0.3) is 0 Å². The van der Waals surface area contributed by atoms with Crippen LogP contribution in [0, 0.1) is 12.8 Å². The molecule has 1 aliphatic heterocycles. The molecule has 20 heavy (non-hydrogen) atoms. The summed E-state index contributed by atoms with van der Waals surface area (Å²) in [6.07, 6.45) is 2.13. The number of aryl methyl sites for hydroxylation is 1. The molecule has 0 aromatic carbocycles. The predicted octanol–water partition coefficient (Wildman–Crippen LogP) is 2.60. The molecule has 2 rings (SSSR count). The van der Waals surface area contributed by atoms with E-state index >= 15 is 0 Å². The van der Waals surface area contributed by atoms with Crippen LogP contribution in [0.15, 0.2) is 6.07 Å². The van der Waals surface area contributed by atoms with Gasteiger partial charge in [0, 0.05) is 37.2 Å². The van der Waals surface area contributed by atoms with Crippen molar-refractivity contribution in [2.75, 3.05) is 18.0 Å². The Morgan fingerprint density at radius 3 is 2.60 bits per heavy atom. The molecule has 1 aromatic rings. The maximum Gasteiger partial charge on any atom is 0.303 e. The number of nitrogens with zero attached hydrogens (tertiary/aromatic N) is 3. The highest BCUT2D eigenvalue weighted by molar-refractivity contribution is 5.67. The molecule has 110 valence electrons. The van der Waals surface area contributed by atoms with E-state index in [1.807, 2.05) is 13.0 Å². The van der Waals surface area contributed by atoms with Crippen molar-refractivity contribution in [3.63, 3.8) is 0 Å². The van der Waals surface area contributed by atoms with Crippen LogP contribution in [0.25, 0.3) is 0 Å². The van der Waals surface area contributed by atoms with Crippen molar-refractivity contribution in [3.8, 4) is 0 Å². The van der Waals surface area contributed by atoms with Crippen LogP contribution in [0.5, 0.6) is 0 Å². The largest absolute Gasteiger partial charge is 0.481 e. The predicted molar refractivity (Wildman–Crippen MR) is 78.0 cm³/mol. The second-order valence-electron chi connectivity index (χ2n) is 5.91. The first-order valence-corrected chi connectivity index (χ1v) is 7.28. The normalized spacial score (nSPS) is 16.7. The van der Waals surface area contributed by atoms with Crippen LogP contribution >= 0.6 is 0 Å². The minimum absolute atomic E-state index is 0.286. The lowest BCUT2D eigenvalue weighted by atomic mass is 9.93. The SMILES string of the molecule is Cc1cc(N2CCC(CC(=O)O)CC2)nc(C(C)C)n1. The van der Waals surface area contributed by atoms with Crippen molar-refractivity contribution in [1.29, 1.82) is 0 Å². The first kappa shape index (κ1) is 14.8. The van der Waals surface area contributed by atoms with Crippen LogP contribution in [0.4, 0.5) is 5.82 Å². The third kappa shape index (κ3) is 3.68. The average molecular weight is 277 g/mol. The van der Waals surface area contributed by atoms with E-state index in [-0.39, 0.29) is 6.42 Å². The van der Waals surface area contributed by atoms with E-state index in [4.69, 9.17) is 5.11 Å². The standard InChI is InChI=1S/C15H23N3O2/c1-10(2)15-16-11(3)8-13(17-15)18-6-4-12(5-7-18)9-14(19)20/h8,10,12H,4-7,9H2,1-3H3,(H,19,20). The molecular formula is C15H23N3O2. The minimum atomic E-state index is -0.691. The Labute approximate surface area is 120 Å². The first-order valence-electron chi connectivity index (χ1n) is 7.28. The Bertz CT molecular complexity index is 480. The van der Waals surface area contributed by atoms with Crippen LogP contribution in [-0.2, 0) is 4.79 Å². The number of carboxylic acid groups (broad SMARTS) is 1. The molecule has 1 saturated heterocycles. The Morgan fingerprint density at radius 2 is 2.05 bits per heavy atom. The van der Waals surface area contributed by atoms with Gasteiger partial charge in [0.15, 0.2) is 0 Å². The molecular weight excluding hydrogens is 254 g/mol. The zero-order valence-corrected chi connectivity index (χ0v) is 12.5. The van der Waals surface area contributed by atoms with Crippen molar-refractivity contribution >= 4 is 11.8 Å². The fraction of sp³-hybridized carbons (Fsp3) is 0.667. The maximum atomic E-state index is 10.7. The highest BCUT2D eigenvalue weighted by Crippen LogP contribution is 2.25. The fourth-order valence-electron chi connectivity index (χ4n) is 2.61. The van der Waals surface area contributed by atoms with Gasteiger partial charge in [-0.2, -0.15) is 0 Å². The van der Waals surface area contributed by atoms with E-state index in [0.717, 1.165) is 43.3 Å². The molecule has 1 fully saturated rings. The number of carboxylic acids is 1. The molecule has 5 heteroatoms. The highest BCUT2D eigenvalue weighted by atomic mass is 16.4. The lowest BCUT2D eigenvalue weighted by Crippen LogP contribution is -2.35. The summed E-state index contributed by atoms with van der Waals surface area (Å²) < 4.78 is 0. The van der Waals surface area contributed by atoms with Crippen LogP contribution in [-0.4, -0.2) is 34.1 Å². The Balaban J connectivity index is 2.05. The molecule has 5 nitrogen and oxygen atoms in total. The van der Waals surface area contributed by atoms with E-state index in [0.29, 0.717) is 11.8 Å². The van der Waals surface area contributed by atoms with Gasteiger partial charge >= 0.3 is 5.97 Å². The summed E-state index contributed by atoms with van der Waals surface area (Å²) in [5.74, 6) is 1.79. The summed E-state index contributed by atoms with van der Waals surface area (Å²) in [6.45, 7) is 7.95. The van der Waals surface area contributed by atoms with E-state index in [2.05, 4.69) is 28.7 Å². The van der Waals surface area contributed by atoms with Gasteiger partial charge in [0.05, 0.1) is 0 Å². The minimum Gasteiger partial charge on any atom is -0.481 e. The summed E-state index contributed by atoms with van der Waals surface area (Å²) in [4.78, 5) is 22.1. The van der Waals surface area contributed by atoms with Crippen LogP contribution in [0.2, 0.25) is 0 Å². The number of carbonyl (C=O) groups is 1. The highest BCUT2D eigenvalue weighted by Gasteiger charge is 2.22. The summed E-state index contributed by atoms with van der Waals surface area (Å²) in [7, 11) is 0. The second kappa shape index (κ2) is 6.20. The number of anilines is 1. The lowest BCUT2D eigenvalue weighted by molar-refractivity contribution is -0.138. The van der Waals surface area contributed by atoms with Gasteiger partial charge in [-0.25, -0.2) is 9.97 Å². The van der Waals surface area contributed by atoms with Gasteiger partial charge in [-0.15, -0.1) is 0 Å². The van der Waals surface area contributed by atoms with Gasteiger partial charge < -0.3 is 10.0 Å². The molecule has 1 aromatic heterocycles. The summed E-state index contributed by atoms with van der Waals surface area (Å²) in [5.41, 5.74) is 0.992. The van der Waals surface area contributed by atoms with E-state index < -0.39 is 5.97 Å². The van der Waals surface area contributed by atoms with E-state index in [1.165, 1.54) is 0 Å². The Hall–Kier alpha value is -1.65. The zero-order valence-electron chi connectivity index (χ0n) is 12.5. The molecule has 0 radical (unpaired) electrons. The average Bonchev–Trinajstić information content (AvgIpc) is 2.38. The monoisotopic (exact) mass is 277 g/mol. The van der Waals surface area contributed by atoms with Crippen LogP contribution in [0.3, 0.4) is 0 Å². The fourth-order valence-corrected chi connectivity index (χ4v) is 2.61. The van der Waals surface area contributed by atoms with E-state index in [1.54, 1.807) is 0 Å². The van der Waals surface area contributed by atoms with Gasteiger partial charge in [-0.1, -0.05) is 13.8 Å². The lowest BCUT2D eigenvalue weighted by Gasteiger charge is -2.32. The third-order valence-corrected chi connectivity index (χ3v) is 3.78. The summed E-state index contributed by atoms with van der Waals surface area (Å²) >= 11 is 0. The Morgan fingerprint density at radius 1 is 1.40 bits per heavy atom. The number of hydrogen-bond donors (Lipinski definition) is 1. The van der Waals surface area contributed by atoms with E-state index in [9.17, 15) is 4.79 Å².